The third kappa shape index (κ3) is 1.53. The van der Waals surface area contributed by atoms with Crippen molar-refractivity contribution < 1.29 is 0 Å². The number of aromatic nitrogens is 2. The molecule has 54 valence electrons. The van der Waals surface area contributed by atoms with Gasteiger partial charge in [-0.05, 0) is 25.0 Å². The summed E-state index contributed by atoms with van der Waals surface area (Å²) in [6.45, 7) is 4.22. The molecule has 0 amide bonds. The van der Waals surface area contributed by atoms with Gasteiger partial charge in [0, 0.05) is 6.20 Å². The highest BCUT2D eigenvalue weighted by Gasteiger charge is 1.95. The zero-order chi connectivity index (χ0) is 7.40. The molecule has 0 saturated carbocycles. The van der Waals surface area contributed by atoms with Gasteiger partial charge in [0.15, 0.2) is 0 Å². The van der Waals surface area contributed by atoms with E-state index in [1.807, 2.05) is 6.07 Å². The first-order chi connectivity index (χ1) is 4.84. The van der Waals surface area contributed by atoms with E-state index in [0.29, 0.717) is 0 Å². The summed E-state index contributed by atoms with van der Waals surface area (Å²) in [5, 5.41) is 7.83. The van der Waals surface area contributed by atoms with Crippen molar-refractivity contribution in [1.82, 2.24) is 10.2 Å². The van der Waals surface area contributed by atoms with Crippen LogP contribution in [-0.4, -0.2) is 10.2 Å². The Balaban J connectivity index is 2.81. The molecular weight excluding hydrogens is 124 g/mol. The summed E-state index contributed by atoms with van der Waals surface area (Å²) in [6, 6.07) is 2.00. The van der Waals surface area contributed by atoms with Gasteiger partial charge in [0.25, 0.3) is 0 Å². The van der Waals surface area contributed by atoms with E-state index in [9.17, 15) is 0 Å². The smallest absolute Gasteiger partial charge is 0.0660 e. The Hall–Kier alpha value is -0.920. The predicted octanol–water partition coefficient (Wildman–Crippen LogP) is 1.74. The monoisotopic (exact) mass is 136 g/mol. The fourth-order valence-corrected chi connectivity index (χ4v) is 0.907. The molecule has 0 aliphatic rings. The maximum Gasteiger partial charge on any atom is 0.0660 e. The Labute approximate surface area is 61.3 Å². The zero-order valence-electron chi connectivity index (χ0n) is 6.46. The van der Waals surface area contributed by atoms with Crippen molar-refractivity contribution in [3.8, 4) is 0 Å². The third-order valence-corrected chi connectivity index (χ3v) is 1.51. The molecule has 2 heteroatoms. The summed E-state index contributed by atoms with van der Waals surface area (Å²) in [5.74, 6) is 0. The van der Waals surface area contributed by atoms with E-state index in [1.54, 1.807) is 6.20 Å². The molecular formula is C8H12N2. The second-order valence-corrected chi connectivity index (χ2v) is 2.41. The van der Waals surface area contributed by atoms with Crippen LogP contribution in [0.5, 0.6) is 0 Å². The van der Waals surface area contributed by atoms with Crippen LogP contribution in [0.25, 0.3) is 0 Å². The highest BCUT2D eigenvalue weighted by atomic mass is 15.1. The molecule has 2 nitrogen and oxygen atoms in total. The Morgan fingerprint density at radius 1 is 1.50 bits per heavy atom. The fraction of sp³-hybridized carbons (Fsp3) is 0.500. The minimum atomic E-state index is 1.04. The molecule has 0 aliphatic carbocycles. The number of rotatable bonds is 2. The molecule has 0 radical (unpaired) electrons. The van der Waals surface area contributed by atoms with Gasteiger partial charge in [0.1, 0.15) is 0 Å². The van der Waals surface area contributed by atoms with Crippen molar-refractivity contribution in [2.24, 2.45) is 0 Å². The molecule has 1 aromatic rings. The number of aryl methyl sites for hydroxylation is 2. The molecule has 0 unspecified atom stereocenters. The Morgan fingerprint density at radius 3 is 2.90 bits per heavy atom. The van der Waals surface area contributed by atoms with Gasteiger partial charge in [-0.25, -0.2) is 0 Å². The quantitative estimate of drug-likeness (QED) is 0.618. The zero-order valence-corrected chi connectivity index (χ0v) is 6.46. The van der Waals surface area contributed by atoms with E-state index in [0.717, 1.165) is 18.5 Å². The van der Waals surface area contributed by atoms with E-state index in [4.69, 9.17) is 0 Å². The second-order valence-electron chi connectivity index (χ2n) is 2.41. The maximum absolute atomic E-state index is 4.02. The highest BCUT2D eigenvalue weighted by molar-refractivity contribution is 5.14. The molecule has 1 aromatic heterocycles. The van der Waals surface area contributed by atoms with Crippen LogP contribution in [-0.2, 0) is 6.42 Å². The lowest BCUT2D eigenvalue weighted by Crippen LogP contribution is -1.94. The van der Waals surface area contributed by atoms with E-state index >= 15 is 0 Å². The fourth-order valence-electron chi connectivity index (χ4n) is 0.907. The first-order valence-electron chi connectivity index (χ1n) is 3.61. The molecule has 1 rings (SSSR count). The summed E-state index contributed by atoms with van der Waals surface area (Å²) >= 11 is 0. The molecule has 0 atom stereocenters. The van der Waals surface area contributed by atoms with Gasteiger partial charge in [-0.1, -0.05) is 13.3 Å². The molecule has 1 heterocycles. The maximum atomic E-state index is 4.02. The van der Waals surface area contributed by atoms with Crippen molar-refractivity contribution in [3.63, 3.8) is 0 Å². The van der Waals surface area contributed by atoms with Gasteiger partial charge in [0.2, 0.25) is 0 Å². The van der Waals surface area contributed by atoms with Crippen molar-refractivity contribution in [3.05, 3.63) is 23.5 Å². The largest absolute Gasteiger partial charge is 0.159 e. The minimum Gasteiger partial charge on any atom is -0.159 e. The summed E-state index contributed by atoms with van der Waals surface area (Å²) in [5.41, 5.74) is 2.38. The Bertz CT molecular complexity index is 208. The van der Waals surface area contributed by atoms with Crippen molar-refractivity contribution in [2.75, 3.05) is 0 Å². The second kappa shape index (κ2) is 3.30. The van der Waals surface area contributed by atoms with Gasteiger partial charge in [-0.3, -0.25) is 0 Å². The molecule has 0 saturated heterocycles. The van der Waals surface area contributed by atoms with Crippen LogP contribution >= 0.6 is 0 Å². The van der Waals surface area contributed by atoms with Crippen LogP contribution in [0.4, 0.5) is 0 Å². The van der Waals surface area contributed by atoms with E-state index in [2.05, 4.69) is 24.0 Å². The topological polar surface area (TPSA) is 25.8 Å². The lowest BCUT2D eigenvalue weighted by atomic mass is 10.1. The van der Waals surface area contributed by atoms with Gasteiger partial charge < -0.3 is 0 Å². The van der Waals surface area contributed by atoms with Gasteiger partial charge in [0.05, 0.1) is 5.69 Å². The van der Waals surface area contributed by atoms with Crippen molar-refractivity contribution >= 4 is 0 Å². The Kier molecular flexibility index (Phi) is 2.37. The van der Waals surface area contributed by atoms with E-state index < -0.39 is 0 Å². The van der Waals surface area contributed by atoms with Crippen molar-refractivity contribution in [1.29, 1.82) is 0 Å². The SMILES string of the molecule is CCCc1nnccc1C. The first kappa shape index (κ1) is 7.19. The number of hydrogen-bond acceptors (Lipinski definition) is 2. The highest BCUT2D eigenvalue weighted by Crippen LogP contribution is 2.03. The minimum absolute atomic E-state index is 1.04. The van der Waals surface area contributed by atoms with Crippen LogP contribution in [0.15, 0.2) is 12.3 Å². The van der Waals surface area contributed by atoms with Crippen LogP contribution < -0.4 is 0 Å². The average Bonchev–Trinajstić information content (AvgIpc) is 1.94. The summed E-state index contributed by atoms with van der Waals surface area (Å²) < 4.78 is 0. The number of hydrogen-bond donors (Lipinski definition) is 0. The third-order valence-electron chi connectivity index (χ3n) is 1.51. The van der Waals surface area contributed by atoms with Crippen LogP contribution in [0, 0.1) is 6.92 Å². The molecule has 10 heavy (non-hydrogen) atoms. The van der Waals surface area contributed by atoms with E-state index in [1.165, 1.54) is 5.56 Å². The van der Waals surface area contributed by atoms with E-state index in [-0.39, 0.29) is 0 Å². The average molecular weight is 136 g/mol. The molecule has 0 aromatic carbocycles. The van der Waals surface area contributed by atoms with Gasteiger partial charge >= 0.3 is 0 Å². The predicted molar refractivity (Wildman–Crippen MR) is 40.8 cm³/mol. The van der Waals surface area contributed by atoms with Gasteiger partial charge in [-0.2, -0.15) is 10.2 Å². The molecule has 0 fully saturated rings. The first-order valence-corrected chi connectivity index (χ1v) is 3.61. The lowest BCUT2D eigenvalue weighted by molar-refractivity contribution is 0.826. The molecule has 0 bridgehead atoms. The molecule has 0 aliphatic heterocycles. The normalized spacial score (nSPS) is 9.80. The van der Waals surface area contributed by atoms with Crippen molar-refractivity contribution in [2.45, 2.75) is 26.7 Å². The lowest BCUT2D eigenvalue weighted by Gasteiger charge is -1.98. The molecule has 0 N–H and O–H groups in total. The Morgan fingerprint density at radius 2 is 2.30 bits per heavy atom. The van der Waals surface area contributed by atoms with Crippen LogP contribution in [0.1, 0.15) is 24.6 Å². The van der Waals surface area contributed by atoms with Crippen LogP contribution in [0.3, 0.4) is 0 Å². The summed E-state index contributed by atoms with van der Waals surface area (Å²) in [7, 11) is 0. The van der Waals surface area contributed by atoms with Crippen LogP contribution in [0.2, 0.25) is 0 Å². The summed E-state index contributed by atoms with van der Waals surface area (Å²) in [4.78, 5) is 0. The van der Waals surface area contributed by atoms with Gasteiger partial charge in [-0.15, -0.1) is 0 Å². The summed E-state index contributed by atoms with van der Waals surface area (Å²) in [6.07, 6.45) is 3.91. The standard InChI is InChI=1S/C8H12N2/c1-3-4-8-7(2)5-6-9-10-8/h5-6H,3-4H2,1-2H3. The molecule has 0 spiro atoms. The number of nitrogens with zero attached hydrogens (tertiary/aromatic N) is 2.